The van der Waals surface area contributed by atoms with Crippen molar-refractivity contribution >= 4 is 11.6 Å². The Bertz CT molecular complexity index is 788. The van der Waals surface area contributed by atoms with Crippen LogP contribution in [0.4, 0.5) is 0 Å². The van der Waals surface area contributed by atoms with E-state index in [9.17, 15) is 5.26 Å². The van der Waals surface area contributed by atoms with Crippen LogP contribution in [0.1, 0.15) is 36.1 Å². The maximum Gasteiger partial charge on any atom is 0.244 e. The first kappa shape index (κ1) is 14.5. The quantitative estimate of drug-likeness (QED) is 0.910. The average Bonchev–Trinajstić information content (AvgIpc) is 2.89. The number of nitrogens with two attached hydrogens (primary N) is 1. The first-order valence-corrected chi connectivity index (χ1v) is 7.44. The summed E-state index contributed by atoms with van der Waals surface area (Å²) in [6, 6.07) is 9.60. The van der Waals surface area contributed by atoms with Gasteiger partial charge in [0.25, 0.3) is 0 Å². The molecule has 3 N–H and O–H groups in total. The van der Waals surface area contributed by atoms with Crippen LogP contribution in [0, 0.1) is 11.3 Å². The standard InChI is InChI=1S/C16H15ClN4O/c1-2-5-12-14-13(9-6-3-4-7-11(9)17)10(8-18)15(19)22-16(14)21-20-12/h3-4,6-7,13H,2,5,19H2,1H3,(H,20,21)/t13-/m1/s1. The highest BCUT2D eigenvalue weighted by molar-refractivity contribution is 6.31. The third kappa shape index (κ3) is 2.22. The summed E-state index contributed by atoms with van der Waals surface area (Å²) in [7, 11) is 0. The van der Waals surface area contributed by atoms with Crippen LogP contribution in [0.5, 0.6) is 5.88 Å². The molecule has 0 radical (unpaired) electrons. The number of aromatic nitrogens is 2. The summed E-state index contributed by atoms with van der Waals surface area (Å²) in [5, 5.41) is 17.3. The predicted octanol–water partition coefficient (Wildman–Crippen LogP) is 3.23. The van der Waals surface area contributed by atoms with E-state index in [2.05, 4.69) is 23.2 Å². The molecule has 112 valence electrons. The minimum atomic E-state index is -0.359. The molecule has 0 fully saturated rings. The van der Waals surface area contributed by atoms with Gasteiger partial charge in [-0.25, -0.2) is 0 Å². The number of nitriles is 1. The Labute approximate surface area is 133 Å². The molecule has 3 rings (SSSR count). The number of halogens is 1. The van der Waals surface area contributed by atoms with Gasteiger partial charge in [0.15, 0.2) is 0 Å². The molecular formula is C16H15ClN4O. The second-order valence-corrected chi connectivity index (χ2v) is 5.52. The van der Waals surface area contributed by atoms with Gasteiger partial charge in [-0.05, 0) is 18.1 Å². The number of hydrogen-bond acceptors (Lipinski definition) is 4. The van der Waals surface area contributed by atoms with Gasteiger partial charge in [0.2, 0.25) is 11.8 Å². The maximum atomic E-state index is 9.53. The third-order valence-corrected chi connectivity index (χ3v) is 4.08. The van der Waals surface area contributed by atoms with Crippen molar-refractivity contribution in [1.82, 2.24) is 10.2 Å². The number of rotatable bonds is 3. The van der Waals surface area contributed by atoms with E-state index in [1.54, 1.807) is 6.07 Å². The minimum absolute atomic E-state index is 0.0782. The lowest BCUT2D eigenvalue weighted by Crippen LogP contribution is -2.21. The van der Waals surface area contributed by atoms with Crippen LogP contribution in [0.15, 0.2) is 35.7 Å². The summed E-state index contributed by atoms with van der Waals surface area (Å²) in [5.41, 5.74) is 8.88. The lowest BCUT2D eigenvalue weighted by atomic mass is 9.83. The van der Waals surface area contributed by atoms with Crippen molar-refractivity contribution in [2.24, 2.45) is 5.73 Å². The lowest BCUT2D eigenvalue weighted by molar-refractivity contribution is 0.378. The topological polar surface area (TPSA) is 87.7 Å². The Hall–Kier alpha value is -2.45. The van der Waals surface area contributed by atoms with Gasteiger partial charge in [-0.2, -0.15) is 5.26 Å². The Kier molecular flexibility index (Phi) is 3.78. The van der Waals surface area contributed by atoms with Crippen molar-refractivity contribution in [1.29, 1.82) is 5.26 Å². The smallest absolute Gasteiger partial charge is 0.244 e. The minimum Gasteiger partial charge on any atom is -0.420 e. The Morgan fingerprint density at radius 2 is 2.23 bits per heavy atom. The van der Waals surface area contributed by atoms with Crippen molar-refractivity contribution in [3.05, 3.63) is 57.6 Å². The molecule has 0 bridgehead atoms. The van der Waals surface area contributed by atoms with E-state index in [-0.39, 0.29) is 11.8 Å². The van der Waals surface area contributed by atoms with Crippen LogP contribution < -0.4 is 10.5 Å². The number of nitrogens with one attached hydrogen (secondary N) is 1. The number of allylic oxidation sites excluding steroid dienone is 1. The van der Waals surface area contributed by atoms with Gasteiger partial charge in [-0.15, -0.1) is 5.10 Å². The fourth-order valence-corrected chi connectivity index (χ4v) is 3.01. The van der Waals surface area contributed by atoms with Crippen LogP contribution in [0.3, 0.4) is 0 Å². The lowest BCUT2D eigenvalue weighted by Gasteiger charge is -2.24. The SMILES string of the molecule is CCCc1[nH]nc2c1[C@H](c1ccccc1Cl)C(C#N)=C(N)O2. The first-order valence-electron chi connectivity index (χ1n) is 7.06. The van der Waals surface area contributed by atoms with E-state index >= 15 is 0 Å². The van der Waals surface area contributed by atoms with Gasteiger partial charge in [0, 0.05) is 10.7 Å². The number of aromatic amines is 1. The van der Waals surface area contributed by atoms with E-state index < -0.39 is 0 Å². The highest BCUT2D eigenvalue weighted by Crippen LogP contribution is 2.44. The average molecular weight is 315 g/mol. The summed E-state index contributed by atoms with van der Waals surface area (Å²) in [5.74, 6) is 0.141. The van der Waals surface area contributed by atoms with Gasteiger partial charge in [-0.3, -0.25) is 5.10 Å². The molecule has 1 aromatic carbocycles. The zero-order valence-corrected chi connectivity index (χ0v) is 12.8. The van der Waals surface area contributed by atoms with E-state index in [0.29, 0.717) is 16.5 Å². The van der Waals surface area contributed by atoms with Crippen molar-refractivity contribution in [2.45, 2.75) is 25.7 Å². The van der Waals surface area contributed by atoms with E-state index in [0.717, 1.165) is 29.7 Å². The normalized spacial score (nSPS) is 16.9. The van der Waals surface area contributed by atoms with Crippen LogP contribution in [-0.2, 0) is 6.42 Å². The Morgan fingerprint density at radius 1 is 1.45 bits per heavy atom. The molecule has 0 amide bonds. The van der Waals surface area contributed by atoms with Crippen LogP contribution >= 0.6 is 11.6 Å². The van der Waals surface area contributed by atoms with Gasteiger partial charge in [-0.1, -0.05) is 43.1 Å². The number of fused-ring (bicyclic) bond motifs is 1. The molecule has 22 heavy (non-hydrogen) atoms. The van der Waals surface area contributed by atoms with Crippen molar-refractivity contribution < 1.29 is 4.74 Å². The molecule has 2 aromatic rings. The van der Waals surface area contributed by atoms with Crippen LogP contribution in [0.2, 0.25) is 5.02 Å². The van der Waals surface area contributed by atoms with Gasteiger partial charge in [0.1, 0.15) is 11.6 Å². The molecule has 0 aliphatic carbocycles. The molecule has 0 saturated heterocycles. The summed E-state index contributed by atoms with van der Waals surface area (Å²) in [4.78, 5) is 0. The second kappa shape index (κ2) is 5.74. The van der Waals surface area contributed by atoms with E-state index in [1.165, 1.54) is 0 Å². The number of H-pyrrole nitrogens is 1. The van der Waals surface area contributed by atoms with E-state index in [1.807, 2.05) is 18.2 Å². The largest absolute Gasteiger partial charge is 0.420 e. The molecule has 1 atom stereocenters. The molecule has 0 saturated carbocycles. The monoisotopic (exact) mass is 314 g/mol. The summed E-state index contributed by atoms with van der Waals surface area (Å²) < 4.78 is 5.50. The Morgan fingerprint density at radius 3 is 2.91 bits per heavy atom. The van der Waals surface area contributed by atoms with Gasteiger partial charge >= 0.3 is 0 Å². The number of benzene rings is 1. The molecule has 5 nitrogen and oxygen atoms in total. The number of nitrogens with zero attached hydrogens (tertiary/aromatic N) is 2. The third-order valence-electron chi connectivity index (χ3n) is 3.73. The summed E-state index contributed by atoms with van der Waals surface area (Å²) in [6.07, 6.45) is 1.76. The molecule has 0 spiro atoms. The zero-order valence-electron chi connectivity index (χ0n) is 12.1. The second-order valence-electron chi connectivity index (χ2n) is 5.12. The number of ether oxygens (including phenoxy) is 1. The molecule has 0 unspecified atom stereocenters. The van der Waals surface area contributed by atoms with Crippen LogP contribution in [0.25, 0.3) is 0 Å². The number of hydrogen-bond donors (Lipinski definition) is 2. The van der Waals surface area contributed by atoms with Gasteiger partial charge in [0.05, 0.1) is 11.5 Å². The highest BCUT2D eigenvalue weighted by atomic mass is 35.5. The Balaban J connectivity index is 2.24. The first-order chi connectivity index (χ1) is 10.7. The van der Waals surface area contributed by atoms with Gasteiger partial charge < -0.3 is 10.5 Å². The fraction of sp³-hybridized carbons (Fsp3) is 0.250. The molecule has 2 heterocycles. The van der Waals surface area contributed by atoms with E-state index in [4.69, 9.17) is 22.1 Å². The van der Waals surface area contributed by atoms with Crippen molar-refractivity contribution in [3.8, 4) is 11.9 Å². The molecule has 1 aromatic heterocycles. The summed E-state index contributed by atoms with van der Waals surface area (Å²) >= 11 is 6.35. The molecule has 1 aliphatic rings. The number of aryl methyl sites for hydroxylation is 1. The molecule has 6 heteroatoms. The molecule has 1 aliphatic heterocycles. The van der Waals surface area contributed by atoms with Crippen LogP contribution in [-0.4, -0.2) is 10.2 Å². The highest BCUT2D eigenvalue weighted by Gasteiger charge is 2.35. The summed E-state index contributed by atoms with van der Waals surface area (Å²) in [6.45, 7) is 2.08. The van der Waals surface area contributed by atoms with Crippen molar-refractivity contribution in [2.75, 3.05) is 0 Å². The molecular weight excluding hydrogens is 300 g/mol. The maximum absolute atomic E-state index is 9.53. The zero-order chi connectivity index (χ0) is 15.7. The predicted molar refractivity (Wildman–Crippen MR) is 83.3 cm³/mol. The fourth-order valence-electron chi connectivity index (χ4n) is 2.77. The van der Waals surface area contributed by atoms with Crippen molar-refractivity contribution in [3.63, 3.8) is 0 Å².